The van der Waals surface area contributed by atoms with Crippen LogP contribution >= 0.6 is 0 Å². The van der Waals surface area contributed by atoms with Crippen molar-refractivity contribution >= 4 is 0 Å². The van der Waals surface area contributed by atoms with Crippen LogP contribution in [-0.4, -0.2) is 24.8 Å². The summed E-state index contributed by atoms with van der Waals surface area (Å²) < 4.78 is 5.91. The minimum atomic E-state index is 0.512. The second kappa shape index (κ2) is 3.99. The van der Waals surface area contributed by atoms with Crippen LogP contribution in [-0.2, 0) is 4.74 Å². The fourth-order valence-electron chi connectivity index (χ4n) is 3.96. The summed E-state index contributed by atoms with van der Waals surface area (Å²) in [6, 6.07) is 0.742. The molecule has 0 radical (unpaired) electrons. The Balaban J connectivity index is 1.50. The van der Waals surface area contributed by atoms with Gasteiger partial charge < -0.3 is 10.1 Å². The van der Waals surface area contributed by atoms with E-state index < -0.39 is 0 Å². The summed E-state index contributed by atoms with van der Waals surface area (Å²) in [5, 5.41) is 3.82. The summed E-state index contributed by atoms with van der Waals surface area (Å²) in [6.07, 6.45) is 9.28. The van der Waals surface area contributed by atoms with Gasteiger partial charge in [0.2, 0.25) is 0 Å². The Labute approximate surface area is 99.1 Å². The quantitative estimate of drug-likeness (QED) is 0.794. The molecule has 16 heavy (non-hydrogen) atoms. The second-order valence-corrected chi connectivity index (χ2v) is 6.71. The summed E-state index contributed by atoms with van der Waals surface area (Å²) in [5.41, 5.74) is 0.512. The topological polar surface area (TPSA) is 21.3 Å². The lowest BCUT2D eigenvalue weighted by Crippen LogP contribution is -2.41. The Morgan fingerprint density at radius 1 is 1.25 bits per heavy atom. The molecule has 2 nitrogen and oxygen atoms in total. The third kappa shape index (κ3) is 1.91. The van der Waals surface area contributed by atoms with Crippen molar-refractivity contribution in [1.82, 2.24) is 5.32 Å². The number of hydrogen-bond acceptors (Lipinski definition) is 2. The molecule has 0 aromatic rings. The monoisotopic (exact) mass is 223 g/mol. The Hall–Kier alpha value is -0.0800. The molecule has 2 saturated heterocycles. The zero-order valence-corrected chi connectivity index (χ0v) is 10.7. The first-order valence-corrected chi connectivity index (χ1v) is 7.04. The predicted molar refractivity (Wildman–Crippen MR) is 65.4 cm³/mol. The van der Waals surface area contributed by atoms with Crippen molar-refractivity contribution in [3.63, 3.8) is 0 Å². The lowest BCUT2D eigenvalue weighted by molar-refractivity contribution is 0.0911. The zero-order valence-electron chi connectivity index (χ0n) is 10.7. The molecule has 4 unspecified atom stereocenters. The lowest BCUT2D eigenvalue weighted by Gasteiger charge is -2.30. The minimum Gasteiger partial charge on any atom is -0.375 e. The molecule has 4 atom stereocenters. The van der Waals surface area contributed by atoms with Crippen molar-refractivity contribution in [3.8, 4) is 0 Å². The van der Waals surface area contributed by atoms with E-state index in [9.17, 15) is 0 Å². The average Bonchev–Trinajstić information content (AvgIpc) is 2.89. The maximum Gasteiger partial charge on any atom is 0.0621 e. The van der Waals surface area contributed by atoms with Gasteiger partial charge >= 0.3 is 0 Å². The molecule has 1 N–H and O–H groups in total. The Kier molecular flexibility index (Phi) is 2.75. The van der Waals surface area contributed by atoms with Crippen LogP contribution in [0.2, 0.25) is 0 Å². The maximum absolute atomic E-state index is 5.91. The van der Waals surface area contributed by atoms with Crippen LogP contribution in [0.15, 0.2) is 0 Å². The van der Waals surface area contributed by atoms with Crippen LogP contribution < -0.4 is 5.32 Å². The molecule has 1 aliphatic carbocycles. The van der Waals surface area contributed by atoms with E-state index in [2.05, 4.69) is 19.2 Å². The van der Waals surface area contributed by atoms with E-state index in [1.54, 1.807) is 0 Å². The van der Waals surface area contributed by atoms with E-state index in [1.807, 2.05) is 0 Å². The van der Waals surface area contributed by atoms with E-state index in [1.165, 1.54) is 45.1 Å². The molecule has 92 valence electrons. The molecule has 2 heterocycles. The third-order valence-corrected chi connectivity index (χ3v) is 5.12. The Bertz CT molecular complexity index is 263. The second-order valence-electron chi connectivity index (χ2n) is 6.71. The van der Waals surface area contributed by atoms with E-state index >= 15 is 0 Å². The van der Waals surface area contributed by atoms with Crippen molar-refractivity contribution in [1.29, 1.82) is 0 Å². The first kappa shape index (κ1) is 11.0. The van der Waals surface area contributed by atoms with Gasteiger partial charge in [0, 0.05) is 18.5 Å². The van der Waals surface area contributed by atoms with Crippen molar-refractivity contribution in [2.24, 2.45) is 11.3 Å². The molecule has 0 aromatic carbocycles. The minimum absolute atomic E-state index is 0.512. The fraction of sp³-hybridized carbons (Fsp3) is 1.00. The smallest absolute Gasteiger partial charge is 0.0621 e. The van der Waals surface area contributed by atoms with Crippen LogP contribution in [0.3, 0.4) is 0 Å². The van der Waals surface area contributed by atoms with Gasteiger partial charge in [0.1, 0.15) is 0 Å². The normalized spacial score (nSPS) is 45.4. The van der Waals surface area contributed by atoms with Crippen LogP contribution in [0.1, 0.15) is 52.4 Å². The van der Waals surface area contributed by atoms with Crippen LogP contribution in [0.4, 0.5) is 0 Å². The van der Waals surface area contributed by atoms with Gasteiger partial charge in [0.05, 0.1) is 12.2 Å². The Morgan fingerprint density at radius 2 is 2.12 bits per heavy atom. The van der Waals surface area contributed by atoms with Gasteiger partial charge in [-0.25, -0.2) is 0 Å². The number of rotatable bonds is 3. The number of hydrogen-bond donors (Lipinski definition) is 1. The van der Waals surface area contributed by atoms with E-state index in [0.717, 1.165) is 12.0 Å². The van der Waals surface area contributed by atoms with Crippen molar-refractivity contribution in [2.75, 3.05) is 6.54 Å². The molecular weight excluding hydrogens is 198 g/mol. The van der Waals surface area contributed by atoms with E-state index in [0.29, 0.717) is 17.6 Å². The summed E-state index contributed by atoms with van der Waals surface area (Å²) in [6.45, 7) is 6.01. The average molecular weight is 223 g/mol. The molecule has 0 spiro atoms. The maximum atomic E-state index is 5.91. The van der Waals surface area contributed by atoms with Crippen molar-refractivity contribution in [2.45, 2.75) is 70.6 Å². The van der Waals surface area contributed by atoms with Gasteiger partial charge in [-0.1, -0.05) is 20.3 Å². The number of fused-ring (bicyclic) bond motifs is 2. The lowest BCUT2D eigenvalue weighted by atomic mass is 9.85. The summed E-state index contributed by atoms with van der Waals surface area (Å²) in [7, 11) is 0. The number of ether oxygens (including phenoxy) is 1. The zero-order chi connectivity index (χ0) is 11.2. The van der Waals surface area contributed by atoms with Crippen LogP contribution in [0.25, 0.3) is 0 Å². The fourth-order valence-corrected chi connectivity index (χ4v) is 3.96. The molecule has 3 fully saturated rings. The van der Waals surface area contributed by atoms with E-state index in [4.69, 9.17) is 4.74 Å². The number of nitrogens with one attached hydrogen (secondary N) is 1. The first-order chi connectivity index (χ1) is 7.65. The Morgan fingerprint density at radius 3 is 2.69 bits per heavy atom. The molecule has 2 aliphatic heterocycles. The molecular formula is C14H25NO. The SMILES string of the molecule is CC1(C)CCCC1NCC1CC2CCC1O2. The largest absolute Gasteiger partial charge is 0.375 e. The van der Waals surface area contributed by atoms with Gasteiger partial charge in [-0.3, -0.25) is 0 Å². The van der Waals surface area contributed by atoms with Gasteiger partial charge in [-0.2, -0.15) is 0 Å². The molecule has 2 bridgehead atoms. The highest BCUT2D eigenvalue weighted by molar-refractivity contribution is 4.94. The third-order valence-electron chi connectivity index (χ3n) is 5.12. The summed E-state index contributed by atoms with van der Waals surface area (Å²) in [4.78, 5) is 0. The summed E-state index contributed by atoms with van der Waals surface area (Å²) in [5.74, 6) is 0.801. The van der Waals surface area contributed by atoms with Gasteiger partial charge in [-0.05, 0) is 37.5 Å². The van der Waals surface area contributed by atoms with Gasteiger partial charge in [0.15, 0.2) is 0 Å². The molecule has 2 heteroatoms. The van der Waals surface area contributed by atoms with E-state index in [-0.39, 0.29) is 0 Å². The highest BCUT2D eigenvalue weighted by Gasteiger charge is 2.41. The van der Waals surface area contributed by atoms with Crippen molar-refractivity contribution < 1.29 is 4.74 Å². The highest BCUT2D eigenvalue weighted by Crippen LogP contribution is 2.40. The molecule has 0 amide bonds. The predicted octanol–water partition coefficient (Wildman–Crippen LogP) is 2.72. The first-order valence-electron chi connectivity index (χ1n) is 7.04. The van der Waals surface area contributed by atoms with Crippen molar-refractivity contribution in [3.05, 3.63) is 0 Å². The summed E-state index contributed by atoms with van der Waals surface area (Å²) >= 11 is 0. The van der Waals surface area contributed by atoms with Crippen LogP contribution in [0.5, 0.6) is 0 Å². The van der Waals surface area contributed by atoms with Gasteiger partial charge in [0.25, 0.3) is 0 Å². The van der Waals surface area contributed by atoms with Crippen LogP contribution in [0, 0.1) is 11.3 Å². The highest BCUT2D eigenvalue weighted by atomic mass is 16.5. The molecule has 3 rings (SSSR count). The standard InChI is InChI=1S/C14H25NO/c1-14(2)7-3-4-13(14)15-9-10-8-11-5-6-12(10)16-11/h10-13,15H,3-9H2,1-2H3. The molecule has 0 aromatic heterocycles. The van der Waals surface area contributed by atoms with Gasteiger partial charge in [-0.15, -0.1) is 0 Å². The molecule has 1 saturated carbocycles. The molecule has 3 aliphatic rings.